The number of guanidine groups is 1. The van der Waals surface area contributed by atoms with Crippen LogP contribution in [0.4, 0.5) is 0 Å². The van der Waals surface area contributed by atoms with Crippen LogP contribution in [0.2, 0.25) is 0 Å². The molecule has 162 valence electrons. The van der Waals surface area contributed by atoms with Crippen molar-refractivity contribution in [3.63, 3.8) is 0 Å². The number of carbonyl (C=O) groups is 1. The number of carbonyl (C=O) groups excluding carboxylic acids is 1. The van der Waals surface area contributed by atoms with Crippen LogP contribution in [-0.4, -0.2) is 56.7 Å². The van der Waals surface area contributed by atoms with E-state index in [0.717, 1.165) is 36.3 Å². The summed E-state index contributed by atoms with van der Waals surface area (Å²) >= 11 is 0. The first-order valence-electron chi connectivity index (χ1n) is 10.5. The summed E-state index contributed by atoms with van der Waals surface area (Å²) in [6.07, 6.45) is 5.84. The fourth-order valence-corrected chi connectivity index (χ4v) is 3.06. The zero-order chi connectivity index (χ0) is 21.2. The van der Waals surface area contributed by atoms with Gasteiger partial charge in [0.2, 0.25) is 5.91 Å². The standard InChI is InChI=1S/C22H36N4O3/c1-6-16(2)25-22(24-15-21(27)26(3)4)23-14-17-11-12-19(28-5)13-20(17)29-18-9-7-8-10-18/h11-13,16,18H,6-10,14-15H2,1-5H3,(H2,23,24,25). The topological polar surface area (TPSA) is 75.2 Å². The minimum atomic E-state index is -0.00152. The van der Waals surface area contributed by atoms with Crippen LogP contribution in [0.3, 0.4) is 0 Å². The Bertz CT molecular complexity index is 685. The summed E-state index contributed by atoms with van der Waals surface area (Å²) in [4.78, 5) is 18.2. The smallest absolute Gasteiger partial charge is 0.241 e. The summed E-state index contributed by atoms with van der Waals surface area (Å²) in [5.41, 5.74) is 1.00. The number of hydrogen-bond donors (Lipinski definition) is 2. The Labute approximate surface area is 174 Å². The Morgan fingerprint density at radius 3 is 2.66 bits per heavy atom. The van der Waals surface area contributed by atoms with E-state index in [-0.39, 0.29) is 24.6 Å². The Morgan fingerprint density at radius 2 is 2.03 bits per heavy atom. The van der Waals surface area contributed by atoms with Gasteiger partial charge < -0.3 is 25.0 Å². The van der Waals surface area contributed by atoms with E-state index in [0.29, 0.717) is 12.5 Å². The summed E-state index contributed by atoms with van der Waals surface area (Å²) < 4.78 is 11.6. The highest BCUT2D eigenvalue weighted by Crippen LogP contribution is 2.30. The molecule has 1 aliphatic rings. The largest absolute Gasteiger partial charge is 0.497 e. The predicted molar refractivity (Wildman–Crippen MR) is 117 cm³/mol. The number of benzene rings is 1. The molecular weight excluding hydrogens is 368 g/mol. The normalized spacial score (nSPS) is 15.7. The molecule has 0 saturated heterocycles. The Balaban J connectivity index is 2.14. The molecule has 1 atom stereocenters. The molecule has 1 unspecified atom stereocenters. The third kappa shape index (κ3) is 7.48. The molecule has 1 fully saturated rings. The molecule has 0 heterocycles. The van der Waals surface area contributed by atoms with Gasteiger partial charge in [0.25, 0.3) is 0 Å². The van der Waals surface area contributed by atoms with Gasteiger partial charge in [-0.1, -0.05) is 6.92 Å². The highest BCUT2D eigenvalue weighted by atomic mass is 16.5. The number of likely N-dealkylation sites (N-methyl/N-ethyl adjacent to an activating group) is 1. The highest BCUT2D eigenvalue weighted by molar-refractivity contribution is 5.86. The molecule has 1 amide bonds. The number of rotatable bonds is 9. The number of nitrogens with one attached hydrogen (secondary N) is 2. The number of methoxy groups -OCH3 is 1. The molecule has 0 aromatic heterocycles. The van der Waals surface area contributed by atoms with Crippen LogP contribution in [0.1, 0.15) is 51.5 Å². The first-order chi connectivity index (χ1) is 13.9. The van der Waals surface area contributed by atoms with E-state index in [2.05, 4.69) is 24.5 Å². The van der Waals surface area contributed by atoms with E-state index in [4.69, 9.17) is 14.5 Å². The van der Waals surface area contributed by atoms with Gasteiger partial charge in [0, 0.05) is 31.8 Å². The number of hydrogen-bond acceptors (Lipinski definition) is 4. The van der Waals surface area contributed by atoms with Gasteiger partial charge >= 0.3 is 0 Å². The van der Waals surface area contributed by atoms with Crippen molar-refractivity contribution >= 4 is 11.9 Å². The van der Waals surface area contributed by atoms with Crippen LogP contribution < -0.4 is 20.1 Å². The first-order valence-corrected chi connectivity index (χ1v) is 10.5. The molecule has 1 aliphatic carbocycles. The molecule has 0 bridgehead atoms. The maximum absolute atomic E-state index is 11.9. The lowest BCUT2D eigenvalue weighted by molar-refractivity contribution is -0.127. The summed E-state index contributed by atoms with van der Waals surface area (Å²) in [7, 11) is 5.15. The van der Waals surface area contributed by atoms with Gasteiger partial charge in [-0.3, -0.25) is 4.79 Å². The van der Waals surface area contributed by atoms with Crippen LogP contribution in [-0.2, 0) is 11.3 Å². The minimum Gasteiger partial charge on any atom is -0.497 e. The molecule has 1 aromatic carbocycles. The molecule has 1 aromatic rings. The van der Waals surface area contributed by atoms with Crippen LogP contribution >= 0.6 is 0 Å². The molecule has 29 heavy (non-hydrogen) atoms. The molecule has 7 heteroatoms. The number of nitrogens with zero attached hydrogens (tertiary/aromatic N) is 2. The third-order valence-electron chi connectivity index (χ3n) is 5.18. The Kier molecular flexibility index (Phi) is 9.09. The number of aliphatic imine (C=N–C) groups is 1. The molecule has 1 saturated carbocycles. The summed E-state index contributed by atoms with van der Waals surface area (Å²) in [6, 6.07) is 6.12. The van der Waals surface area contributed by atoms with E-state index in [1.54, 1.807) is 26.1 Å². The SMILES string of the molecule is CCC(C)NC(=NCc1ccc(OC)cc1OC1CCCC1)NCC(=O)N(C)C. The van der Waals surface area contributed by atoms with Crippen molar-refractivity contribution < 1.29 is 14.3 Å². The monoisotopic (exact) mass is 404 g/mol. The summed E-state index contributed by atoms with van der Waals surface area (Å²) in [5.74, 6) is 2.22. The van der Waals surface area contributed by atoms with Crippen molar-refractivity contribution in [1.82, 2.24) is 15.5 Å². The molecule has 0 spiro atoms. The second-order valence-corrected chi connectivity index (χ2v) is 7.76. The zero-order valence-electron chi connectivity index (χ0n) is 18.5. The van der Waals surface area contributed by atoms with Crippen LogP contribution in [0.25, 0.3) is 0 Å². The Hall–Kier alpha value is -2.44. The van der Waals surface area contributed by atoms with E-state index in [1.807, 2.05) is 18.2 Å². The van der Waals surface area contributed by atoms with Crippen LogP contribution in [0.5, 0.6) is 11.5 Å². The molecule has 2 N–H and O–H groups in total. The van der Waals surface area contributed by atoms with Gasteiger partial charge in [-0.25, -0.2) is 4.99 Å². The van der Waals surface area contributed by atoms with Gasteiger partial charge in [0.15, 0.2) is 5.96 Å². The van der Waals surface area contributed by atoms with Crippen molar-refractivity contribution in [2.24, 2.45) is 4.99 Å². The van der Waals surface area contributed by atoms with Crippen molar-refractivity contribution in [2.45, 2.75) is 64.6 Å². The van der Waals surface area contributed by atoms with Crippen molar-refractivity contribution in [1.29, 1.82) is 0 Å². The van der Waals surface area contributed by atoms with E-state index < -0.39 is 0 Å². The van der Waals surface area contributed by atoms with Crippen LogP contribution in [0.15, 0.2) is 23.2 Å². The lowest BCUT2D eigenvalue weighted by atomic mass is 10.2. The lowest BCUT2D eigenvalue weighted by Crippen LogP contribution is -2.45. The van der Waals surface area contributed by atoms with Gasteiger partial charge in [0.05, 0.1) is 26.3 Å². The molecule has 7 nitrogen and oxygen atoms in total. The maximum Gasteiger partial charge on any atom is 0.241 e. The van der Waals surface area contributed by atoms with Gasteiger partial charge in [-0.15, -0.1) is 0 Å². The zero-order valence-corrected chi connectivity index (χ0v) is 18.5. The van der Waals surface area contributed by atoms with E-state index in [9.17, 15) is 4.79 Å². The van der Waals surface area contributed by atoms with Crippen LogP contribution in [0, 0.1) is 0 Å². The second kappa shape index (κ2) is 11.5. The van der Waals surface area contributed by atoms with E-state index in [1.165, 1.54) is 12.8 Å². The number of ether oxygens (including phenoxy) is 2. The Morgan fingerprint density at radius 1 is 1.31 bits per heavy atom. The molecule has 2 rings (SSSR count). The number of amides is 1. The minimum absolute atomic E-state index is 0.00152. The van der Waals surface area contributed by atoms with E-state index >= 15 is 0 Å². The average molecular weight is 405 g/mol. The summed E-state index contributed by atoms with van der Waals surface area (Å²) in [6.45, 7) is 4.85. The quantitative estimate of drug-likeness (QED) is 0.489. The fourth-order valence-electron chi connectivity index (χ4n) is 3.06. The average Bonchev–Trinajstić information content (AvgIpc) is 3.23. The van der Waals surface area contributed by atoms with Crippen molar-refractivity contribution in [3.8, 4) is 11.5 Å². The fraction of sp³-hybridized carbons (Fsp3) is 0.636. The van der Waals surface area contributed by atoms with Crippen molar-refractivity contribution in [3.05, 3.63) is 23.8 Å². The predicted octanol–water partition coefficient (Wildman–Crippen LogP) is 2.94. The third-order valence-corrected chi connectivity index (χ3v) is 5.18. The molecule has 0 aliphatic heterocycles. The van der Waals surface area contributed by atoms with Gasteiger partial charge in [0.1, 0.15) is 11.5 Å². The molecule has 0 radical (unpaired) electrons. The lowest BCUT2D eigenvalue weighted by Gasteiger charge is -2.19. The highest BCUT2D eigenvalue weighted by Gasteiger charge is 2.18. The van der Waals surface area contributed by atoms with Crippen molar-refractivity contribution in [2.75, 3.05) is 27.7 Å². The summed E-state index contributed by atoms with van der Waals surface area (Å²) in [5, 5.41) is 6.48. The maximum atomic E-state index is 11.9. The van der Waals surface area contributed by atoms with Gasteiger partial charge in [-0.05, 0) is 51.2 Å². The van der Waals surface area contributed by atoms with Gasteiger partial charge in [-0.2, -0.15) is 0 Å². The molecular formula is C22H36N4O3. The second-order valence-electron chi connectivity index (χ2n) is 7.76. The first kappa shape index (κ1) is 22.8.